The van der Waals surface area contributed by atoms with E-state index in [1.165, 1.54) is 30.0 Å². The first kappa shape index (κ1) is 16.7. The van der Waals surface area contributed by atoms with E-state index in [9.17, 15) is 13.0 Å². The van der Waals surface area contributed by atoms with Crippen LogP contribution in [0.5, 0.6) is 0 Å². The van der Waals surface area contributed by atoms with Crippen LogP contribution in [0.3, 0.4) is 0 Å². The predicted octanol–water partition coefficient (Wildman–Crippen LogP) is 4.41. The van der Waals surface area contributed by atoms with Crippen LogP contribution >= 0.6 is 0 Å². The minimum Gasteiger partial charge on any atom is -0.347 e. The van der Waals surface area contributed by atoms with Crippen molar-refractivity contribution in [2.75, 3.05) is 0 Å². The second-order valence-corrected chi connectivity index (χ2v) is 8.54. The number of rotatable bonds is 5. The molecule has 0 aliphatic heterocycles. The molecule has 3 rings (SSSR count). The minimum atomic E-state index is -4.17. The summed E-state index contributed by atoms with van der Waals surface area (Å²) in [4.78, 5) is 0. The number of benzene rings is 2. The fraction of sp³-hybridized carbons (Fsp3) is 0.263. The zero-order valence-electron chi connectivity index (χ0n) is 13.9. The summed E-state index contributed by atoms with van der Waals surface area (Å²) in [6.07, 6.45) is 2.48. The van der Waals surface area contributed by atoms with Crippen molar-refractivity contribution < 1.29 is 13.0 Å². The Morgan fingerprint density at radius 2 is 1.83 bits per heavy atom. The van der Waals surface area contributed by atoms with E-state index in [2.05, 4.69) is 41.5 Å². The summed E-state index contributed by atoms with van der Waals surface area (Å²) in [5.74, 6) is 0. The number of aromatic nitrogens is 1. The third kappa shape index (κ3) is 2.74. The maximum absolute atomic E-state index is 11.5. The summed E-state index contributed by atoms with van der Waals surface area (Å²) in [5.41, 5.74) is 1.60. The molecule has 1 heterocycles. The van der Waals surface area contributed by atoms with Gasteiger partial charge in [-0.2, -0.15) is 8.42 Å². The first-order chi connectivity index (χ1) is 11.2. The maximum atomic E-state index is 11.5. The Bertz CT molecular complexity index is 1030. The highest BCUT2D eigenvalue weighted by molar-refractivity contribution is 7.87. The van der Waals surface area contributed by atoms with Gasteiger partial charge in [0.1, 0.15) is 4.75 Å². The standard InChI is InChI=1S/C19H21NO3S/c1-14(19(2,3)24(21,22)23)10-12-20-13-11-17-16-7-5-4-6-15(16)8-9-18(17)20/h4-9,11,13H,1,10,12H2,2-3H3,(H,21,22,23). The Morgan fingerprint density at radius 1 is 1.12 bits per heavy atom. The van der Waals surface area contributed by atoms with E-state index in [0.29, 0.717) is 18.5 Å². The van der Waals surface area contributed by atoms with Gasteiger partial charge in [-0.1, -0.05) is 42.5 Å². The third-order valence-electron chi connectivity index (χ3n) is 4.83. The zero-order valence-corrected chi connectivity index (χ0v) is 14.7. The summed E-state index contributed by atoms with van der Waals surface area (Å²) in [6, 6.07) is 14.5. The Balaban J connectivity index is 1.89. The van der Waals surface area contributed by atoms with Gasteiger partial charge in [0, 0.05) is 23.6 Å². The molecule has 4 nitrogen and oxygen atoms in total. The summed E-state index contributed by atoms with van der Waals surface area (Å²) >= 11 is 0. The number of nitrogens with zero attached hydrogens (tertiary/aromatic N) is 1. The van der Waals surface area contributed by atoms with E-state index in [1.54, 1.807) is 0 Å². The van der Waals surface area contributed by atoms with Gasteiger partial charge in [0.2, 0.25) is 0 Å². The van der Waals surface area contributed by atoms with Gasteiger partial charge < -0.3 is 4.57 Å². The van der Waals surface area contributed by atoms with Crippen molar-refractivity contribution in [2.24, 2.45) is 0 Å². The Kier molecular flexibility index (Phi) is 4.01. The van der Waals surface area contributed by atoms with E-state index in [0.717, 1.165) is 5.52 Å². The van der Waals surface area contributed by atoms with E-state index >= 15 is 0 Å². The van der Waals surface area contributed by atoms with Crippen LogP contribution in [0.25, 0.3) is 21.7 Å². The molecule has 0 amide bonds. The lowest BCUT2D eigenvalue weighted by Gasteiger charge is -2.24. The number of fused-ring (bicyclic) bond motifs is 3. The fourth-order valence-corrected chi connectivity index (χ4v) is 3.36. The van der Waals surface area contributed by atoms with Gasteiger partial charge >= 0.3 is 0 Å². The van der Waals surface area contributed by atoms with Gasteiger partial charge in [0.15, 0.2) is 0 Å². The molecule has 0 saturated carbocycles. The van der Waals surface area contributed by atoms with Crippen molar-refractivity contribution >= 4 is 31.8 Å². The van der Waals surface area contributed by atoms with E-state index in [1.807, 2.05) is 18.3 Å². The van der Waals surface area contributed by atoms with Crippen LogP contribution in [0.4, 0.5) is 0 Å². The molecule has 1 N–H and O–H groups in total. The molecule has 0 fully saturated rings. The molecule has 0 spiro atoms. The molecular formula is C19H21NO3S. The lowest BCUT2D eigenvalue weighted by atomic mass is 10.0. The monoisotopic (exact) mass is 343 g/mol. The lowest BCUT2D eigenvalue weighted by Crippen LogP contribution is -2.33. The second kappa shape index (κ2) is 5.76. The van der Waals surface area contributed by atoms with Gasteiger partial charge in [-0.25, -0.2) is 0 Å². The number of hydrogen-bond acceptors (Lipinski definition) is 2. The van der Waals surface area contributed by atoms with Crippen molar-refractivity contribution in [3.63, 3.8) is 0 Å². The molecule has 0 radical (unpaired) electrons. The van der Waals surface area contributed by atoms with E-state index in [4.69, 9.17) is 0 Å². The molecule has 0 unspecified atom stereocenters. The Morgan fingerprint density at radius 3 is 2.54 bits per heavy atom. The van der Waals surface area contributed by atoms with Crippen molar-refractivity contribution in [1.82, 2.24) is 4.57 Å². The molecule has 0 aliphatic carbocycles. The summed E-state index contributed by atoms with van der Waals surface area (Å²) < 4.78 is 33.1. The Hall–Kier alpha value is -2.11. The topological polar surface area (TPSA) is 59.3 Å². The van der Waals surface area contributed by atoms with Crippen molar-refractivity contribution in [3.8, 4) is 0 Å². The smallest absolute Gasteiger partial charge is 0.274 e. The summed E-state index contributed by atoms with van der Waals surface area (Å²) in [5, 5.41) is 3.57. The van der Waals surface area contributed by atoms with E-state index in [-0.39, 0.29) is 0 Å². The highest BCUT2D eigenvalue weighted by Gasteiger charge is 2.35. The zero-order chi connectivity index (χ0) is 17.5. The van der Waals surface area contributed by atoms with Gasteiger partial charge in [0.25, 0.3) is 10.1 Å². The highest BCUT2D eigenvalue weighted by atomic mass is 32.2. The first-order valence-corrected chi connectivity index (χ1v) is 9.28. The molecular weight excluding hydrogens is 322 g/mol. The highest BCUT2D eigenvalue weighted by Crippen LogP contribution is 2.29. The first-order valence-electron chi connectivity index (χ1n) is 7.84. The van der Waals surface area contributed by atoms with Crippen molar-refractivity contribution in [3.05, 3.63) is 60.8 Å². The molecule has 126 valence electrons. The molecule has 0 atom stereocenters. The van der Waals surface area contributed by atoms with Gasteiger partial charge in [-0.3, -0.25) is 4.55 Å². The van der Waals surface area contributed by atoms with Crippen molar-refractivity contribution in [2.45, 2.75) is 31.6 Å². The minimum absolute atomic E-state index is 0.476. The number of aryl methyl sites for hydroxylation is 1. The van der Waals surface area contributed by atoms with Crippen LogP contribution in [0.15, 0.2) is 60.8 Å². The van der Waals surface area contributed by atoms with Gasteiger partial charge in [-0.15, -0.1) is 0 Å². The molecule has 24 heavy (non-hydrogen) atoms. The van der Waals surface area contributed by atoms with Gasteiger partial charge in [0.05, 0.1) is 0 Å². The van der Waals surface area contributed by atoms with Crippen LogP contribution in [-0.2, 0) is 16.7 Å². The molecule has 1 aromatic heterocycles. The average molecular weight is 343 g/mol. The van der Waals surface area contributed by atoms with E-state index < -0.39 is 14.9 Å². The SMILES string of the molecule is C=C(CCn1ccc2c3ccccc3ccc21)C(C)(C)S(=O)(=O)O. The largest absolute Gasteiger partial charge is 0.347 e. The third-order valence-corrected chi connectivity index (χ3v) is 6.41. The molecule has 3 aromatic rings. The van der Waals surface area contributed by atoms with Gasteiger partial charge in [-0.05, 0) is 43.2 Å². The molecule has 0 aliphatic rings. The molecule has 5 heteroatoms. The van der Waals surface area contributed by atoms with Crippen LogP contribution in [0.1, 0.15) is 20.3 Å². The van der Waals surface area contributed by atoms with Crippen molar-refractivity contribution in [1.29, 1.82) is 0 Å². The normalized spacial score (nSPS) is 12.8. The second-order valence-electron chi connectivity index (χ2n) is 6.57. The number of hydrogen-bond donors (Lipinski definition) is 1. The van der Waals surface area contributed by atoms with Crippen LogP contribution in [-0.4, -0.2) is 22.3 Å². The molecule has 0 saturated heterocycles. The molecule has 0 bridgehead atoms. The summed E-state index contributed by atoms with van der Waals surface area (Å²) in [7, 11) is -4.17. The lowest BCUT2D eigenvalue weighted by molar-refractivity contribution is 0.451. The van der Waals surface area contributed by atoms with Crippen LogP contribution in [0, 0.1) is 0 Å². The van der Waals surface area contributed by atoms with Crippen LogP contribution in [0.2, 0.25) is 0 Å². The fourth-order valence-electron chi connectivity index (χ4n) is 2.89. The van der Waals surface area contributed by atoms with Crippen LogP contribution < -0.4 is 0 Å². The average Bonchev–Trinajstić information content (AvgIpc) is 2.95. The summed E-state index contributed by atoms with van der Waals surface area (Å²) in [6.45, 7) is 7.44. The maximum Gasteiger partial charge on any atom is 0.274 e. The predicted molar refractivity (Wildman–Crippen MR) is 98.8 cm³/mol. The molecule has 2 aromatic carbocycles. The Labute approximate surface area is 142 Å². The quantitative estimate of drug-likeness (QED) is 0.551.